The molecule has 0 amide bonds. The van der Waals surface area contributed by atoms with Crippen molar-refractivity contribution in [3.05, 3.63) is 28.2 Å². The molecular formula is C8H6N4O2S. The van der Waals surface area contributed by atoms with Gasteiger partial charge in [0.1, 0.15) is 0 Å². The monoisotopic (exact) mass is 222 g/mol. The van der Waals surface area contributed by atoms with E-state index in [-0.39, 0.29) is 11.8 Å². The molecule has 0 aliphatic rings. The van der Waals surface area contributed by atoms with Crippen molar-refractivity contribution in [1.29, 1.82) is 0 Å². The molecular weight excluding hydrogens is 216 g/mol. The van der Waals surface area contributed by atoms with Crippen molar-refractivity contribution in [2.24, 2.45) is 4.99 Å². The summed E-state index contributed by atoms with van der Waals surface area (Å²) in [4.78, 5) is 18.0. The Morgan fingerprint density at radius 1 is 1.67 bits per heavy atom. The van der Waals surface area contributed by atoms with Gasteiger partial charge in [0.05, 0.1) is 0 Å². The normalized spacial score (nSPS) is 10.9. The van der Waals surface area contributed by atoms with Crippen molar-refractivity contribution in [1.82, 2.24) is 15.2 Å². The van der Waals surface area contributed by atoms with Gasteiger partial charge >= 0.3 is 5.97 Å². The van der Waals surface area contributed by atoms with E-state index in [9.17, 15) is 4.79 Å². The minimum absolute atomic E-state index is 0.110. The van der Waals surface area contributed by atoms with Crippen LogP contribution in [-0.2, 0) is 0 Å². The van der Waals surface area contributed by atoms with Crippen LogP contribution in [0, 0.1) is 0 Å². The van der Waals surface area contributed by atoms with E-state index >= 15 is 0 Å². The summed E-state index contributed by atoms with van der Waals surface area (Å²) in [6.07, 6.45) is 1.57. The maximum absolute atomic E-state index is 10.5. The molecule has 0 fully saturated rings. The van der Waals surface area contributed by atoms with Crippen molar-refractivity contribution in [3.8, 4) is 0 Å². The van der Waals surface area contributed by atoms with Crippen LogP contribution in [0.5, 0.6) is 0 Å². The molecule has 0 aliphatic carbocycles. The Bertz CT molecular complexity index is 488. The van der Waals surface area contributed by atoms with Crippen LogP contribution < -0.4 is 0 Å². The molecule has 0 bridgehead atoms. The molecule has 0 aliphatic heterocycles. The molecule has 2 aromatic heterocycles. The highest BCUT2D eigenvalue weighted by Crippen LogP contribution is 2.06. The highest BCUT2D eigenvalue weighted by molar-refractivity contribution is 7.08. The molecule has 2 heterocycles. The number of carbonyl (C=O) groups is 1. The molecule has 2 aromatic rings. The molecule has 0 spiro atoms. The largest absolute Gasteiger partial charge is 0.475 e. The number of thiophene rings is 1. The molecule has 2 rings (SSSR count). The molecule has 0 radical (unpaired) electrons. The third kappa shape index (κ3) is 2.26. The summed E-state index contributed by atoms with van der Waals surface area (Å²) in [5.74, 6) is -1.26. The van der Waals surface area contributed by atoms with Crippen LogP contribution in [0.3, 0.4) is 0 Å². The van der Waals surface area contributed by atoms with E-state index in [1.807, 2.05) is 16.8 Å². The van der Waals surface area contributed by atoms with Gasteiger partial charge in [-0.1, -0.05) is 0 Å². The van der Waals surface area contributed by atoms with Gasteiger partial charge in [-0.15, -0.1) is 5.10 Å². The summed E-state index contributed by atoms with van der Waals surface area (Å²) in [5.41, 5.74) is 0.932. The zero-order chi connectivity index (χ0) is 10.7. The first kappa shape index (κ1) is 9.53. The van der Waals surface area contributed by atoms with Crippen LogP contribution >= 0.6 is 11.3 Å². The number of nitrogens with zero attached hydrogens (tertiary/aromatic N) is 3. The lowest BCUT2D eigenvalue weighted by atomic mass is 10.4. The highest BCUT2D eigenvalue weighted by Gasteiger charge is 2.07. The lowest BCUT2D eigenvalue weighted by Gasteiger charge is -1.81. The zero-order valence-corrected chi connectivity index (χ0v) is 8.23. The minimum Gasteiger partial charge on any atom is -0.475 e. The molecule has 0 unspecified atom stereocenters. The average molecular weight is 222 g/mol. The van der Waals surface area contributed by atoms with Crippen molar-refractivity contribution >= 4 is 29.5 Å². The van der Waals surface area contributed by atoms with Crippen LogP contribution in [-0.4, -0.2) is 32.5 Å². The summed E-state index contributed by atoms with van der Waals surface area (Å²) in [7, 11) is 0. The van der Waals surface area contributed by atoms with E-state index in [0.717, 1.165) is 5.56 Å². The Morgan fingerprint density at radius 2 is 2.53 bits per heavy atom. The second kappa shape index (κ2) is 4.01. The third-order valence-electron chi connectivity index (χ3n) is 1.55. The van der Waals surface area contributed by atoms with Gasteiger partial charge in [-0.05, 0) is 16.8 Å². The first-order valence-electron chi connectivity index (χ1n) is 3.97. The van der Waals surface area contributed by atoms with E-state index in [0.29, 0.717) is 0 Å². The molecule has 15 heavy (non-hydrogen) atoms. The second-order valence-electron chi connectivity index (χ2n) is 2.60. The van der Waals surface area contributed by atoms with Gasteiger partial charge in [0.15, 0.2) is 0 Å². The van der Waals surface area contributed by atoms with Gasteiger partial charge in [0.2, 0.25) is 5.82 Å². The van der Waals surface area contributed by atoms with Gasteiger partial charge in [0.25, 0.3) is 5.95 Å². The number of nitrogens with one attached hydrogen (secondary N) is 1. The summed E-state index contributed by atoms with van der Waals surface area (Å²) < 4.78 is 0. The number of aromatic carboxylic acids is 1. The molecule has 76 valence electrons. The Labute approximate surface area is 88.3 Å². The van der Waals surface area contributed by atoms with Crippen molar-refractivity contribution < 1.29 is 9.90 Å². The van der Waals surface area contributed by atoms with Crippen molar-refractivity contribution in [2.75, 3.05) is 0 Å². The second-order valence-corrected chi connectivity index (χ2v) is 3.38. The number of carboxylic acids is 1. The quantitative estimate of drug-likeness (QED) is 0.766. The van der Waals surface area contributed by atoms with Crippen LogP contribution in [0.15, 0.2) is 21.8 Å². The van der Waals surface area contributed by atoms with E-state index in [1.54, 1.807) is 17.6 Å². The van der Waals surface area contributed by atoms with E-state index in [2.05, 4.69) is 20.2 Å². The van der Waals surface area contributed by atoms with Gasteiger partial charge in [-0.2, -0.15) is 16.3 Å². The molecule has 0 saturated heterocycles. The Kier molecular flexibility index (Phi) is 2.55. The third-order valence-corrected chi connectivity index (χ3v) is 2.25. The Morgan fingerprint density at radius 3 is 3.13 bits per heavy atom. The molecule has 0 aromatic carbocycles. The highest BCUT2D eigenvalue weighted by atomic mass is 32.1. The number of hydrogen-bond donors (Lipinski definition) is 2. The molecule has 2 N–H and O–H groups in total. The number of aromatic amines is 1. The Hall–Kier alpha value is -2.02. The van der Waals surface area contributed by atoms with Gasteiger partial charge in [-0.25, -0.2) is 9.79 Å². The van der Waals surface area contributed by atoms with E-state index < -0.39 is 5.97 Å². The average Bonchev–Trinajstić information content (AvgIpc) is 2.86. The number of aromatic nitrogens is 3. The van der Waals surface area contributed by atoms with E-state index in [4.69, 9.17) is 5.11 Å². The first-order valence-corrected chi connectivity index (χ1v) is 4.92. The molecule has 0 atom stereocenters. The van der Waals surface area contributed by atoms with Gasteiger partial charge in [0, 0.05) is 11.8 Å². The fraction of sp³-hybridized carbons (Fsp3) is 0. The lowest BCUT2D eigenvalue weighted by molar-refractivity contribution is 0.0684. The van der Waals surface area contributed by atoms with Crippen LogP contribution in [0.1, 0.15) is 16.2 Å². The van der Waals surface area contributed by atoms with Crippen molar-refractivity contribution in [3.63, 3.8) is 0 Å². The fourth-order valence-corrected chi connectivity index (χ4v) is 1.50. The predicted molar refractivity (Wildman–Crippen MR) is 54.9 cm³/mol. The van der Waals surface area contributed by atoms with Gasteiger partial charge < -0.3 is 5.11 Å². The summed E-state index contributed by atoms with van der Waals surface area (Å²) in [6, 6.07) is 1.89. The Balaban J connectivity index is 2.14. The summed E-state index contributed by atoms with van der Waals surface area (Å²) in [6.45, 7) is 0. The van der Waals surface area contributed by atoms with Crippen LogP contribution in [0.25, 0.3) is 0 Å². The maximum atomic E-state index is 10.5. The number of hydrogen-bond acceptors (Lipinski definition) is 5. The maximum Gasteiger partial charge on any atom is 0.373 e. The lowest BCUT2D eigenvalue weighted by Crippen LogP contribution is -1.98. The topological polar surface area (TPSA) is 91.2 Å². The number of H-pyrrole nitrogens is 1. The summed E-state index contributed by atoms with van der Waals surface area (Å²) >= 11 is 1.55. The van der Waals surface area contributed by atoms with Crippen LogP contribution in [0.4, 0.5) is 5.95 Å². The molecule has 0 saturated carbocycles. The fourth-order valence-electron chi connectivity index (χ4n) is 0.887. The first-order chi connectivity index (χ1) is 7.25. The number of aliphatic imine (C=N–C) groups is 1. The summed E-state index contributed by atoms with van der Waals surface area (Å²) in [5, 5.41) is 18.3. The van der Waals surface area contributed by atoms with Crippen molar-refractivity contribution in [2.45, 2.75) is 0 Å². The van der Waals surface area contributed by atoms with Crippen LogP contribution in [0.2, 0.25) is 0 Å². The minimum atomic E-state index is -1.15. The molecule has 7 heteroatoms. The smallest absolute Gasteiger partial charge is 0.373 e. The number of carboxylic acid groups (broad SMARTS) is 1. The molecule has 6 nitrogen and oxygen atoms in total. The van der Waals surface area contributed by atoms with Gasteiger partial charge in [-0.3, -0.25) is 5.10 Å². The van der Waals surface area contributed by atoms with E-state index in [1.165, 1.54) is 0 Å². The standard InChI is InChI=1S/C8H6N4O2S/c13-7(14)6-10-8(12-11-6)9-3-5-1-2-15-4-5/h1-4H,(H,13,14)(H,10,11,12)/b9-3+. The zero-order valence-electron chi connectivity index (χ0n) is 7.41. The SMILES string of the molecule is O=C(O)c1nc(/N=C/c2ccsc2)n[nH]1. The predicted octanol–water partition coefficient (Wildman–Crippen LogP) is 1.31. The number of rotatable bonds is 3.